The van der Waals surface area contributed by atoms with Gasteiger partial charge in [-0.3, -0.25) is 4.79 Å². The molecule has 2 aliphatic carbocycles. The summed E-state index contributed by atoms with van der Waals surface area (Å²) in [5.41, 5.74) is 0.456. The molecule has 0 bridgehead atoms. The van der Waals surface area contributed by atoms with Crippen molar-refractivity contribution in [3.8, 4) is 0 Å². The second-order valence-electron chi connectivity index (χ2n) is 5.17. The van der Waals surface area contributed by atoms with Crippen LogP contribution in [0.1, 0.15) is 36.0 Å². The number of amides is 1. The first-order valence-electron chi connectivity index (χ1n) is 6.27. The van der Waals surface area contributed by atoms with Gasteiger partial charge in [0.25, 0.3) is 5.91 Å². The van der Waals surface area contributed by atoms with E-state index in [-0.39, 0.29) is 11.1 Å². The van der Waals surface area contributed by atoms with E-state index in [1.807, 2.05) is 0 Å². The zero-order valence-corrected chi connectivity index (χ0v) is 12.2. The summed E-state index contributed by atoms with van der Waals surface area (Å²) in [6.07, 6.45) is 6.56. The minimum absolute atomic E-state index is 0.0994. The third-order valence-corrected chi connectivity index (χ3v) is 4.34. The van der Waals surface area contributed by atoms with Crippen LogP contribution in [0.25, 0.3) is 0 Å². The lowest BCUT2D eigenvalue weighted by Crippen LogP contribution is -2.38. The highest BCUT2D eigenvalue weighted by Gasteiger charge is 2.42. The fourth-order valence-electron chi connectivity index (χ4n) is 2.34. The lowest BCUT2D eigenvalue weighted by atomic mass is 10.1. The number of hydrogen-bond donors (Lipinski definition) is 1. The number of carbonyl (C=O) groups is 1. The predicted molar refractivity (Wildman–Crippen MR) is 73.6 cm³/mol. The standard InChI is InChI=1S/C13H14BrClN2O/c14-9-5-10(12(15)16-6-9)13(18)17-11(7-1-2-7)8-3-4-8/h5-8,11H,1-4H2,(H,17,18). The highest BCUT2D eigenvalue weighted by atomic mass is 79.9. The highest BCUT2D eigenvalue weighted by molar-refractivity contribution is 9.10. The number of halogens is 2. The largest absolute Gasteiger partial charge is 0.349 e. The molecule has 0 aromatic carbocycles. The summed E-state index contributed by atoms with van der Waals surface area (Å²) in [6, 6.07) is 2.06. The molecule has 0 unspecified atom stereocenters. The molecule has 2 saturated carbocycles. The number of nitrogens with one attached hydrogen (secondary N) is 1. The van der Waals surface area contributed by atoms with Crippen LogP contribution in [0.5, 0.6) is 0 Å². The van der Waals surface area contributed by atoms with Gasteiger partial charge in [-0.2, -0.15) is 0 Å². The van der Waals surface area contributed by atoms with Crippen molar-refractivity contribution >= 4 is 33.4 Å². The minimum Gasteiger partial charge on any atom is -0.349 e. The van der Waals surface area contributed by atoms with Crippen molar-refractivity contribution in [1.82, 2.24) is 10.3 Å². The van der Waals surface area contributed by atoms with Gasteiger partial charge < -0.3 is 5.32 Å². The minimum atomic E-state index is -0.0994. The third-order valence-electron chi connectivity index (χ3n) is 3.61. The summed E-state index contributed by atoms with van der Waals surface area (Å²) in [5, 5.41) is 3.41. The number of rotatable bonds is 4. The van der Waals surface area contributed by atoms with Crippen LogP contribution in [-0.4, -0.2) is 16.9 Å². The quantitative estimate of drug-likeness (QED) is 0.860. The van der Waals surface area contributed by atoms with E-state index in [4.69, 9.17) is 11.6 Å². The highest BCUT2D eigenvalue weighted by Crippen LogP contribution is 2.44. The number of carbonyl (C=O) groups excluding carboxylic acids is 1. The van der Waals surface area contributed by atoms with Crippen LogP contribution < -0.4 is 5.32 Å². The molecule has 0 saturated heterocycles. The van der Waals surface area contributed by atoms with E-state index in [9.17, 15) is 4.79 Å². The fraction of sp³-hybridized carbons (Fsp3) is 0.538. The molecule has 18 heavy (non-hydrogen) atoms. The van der Waals surface area contributed by atoms with E-state index in [0.717, 1.165) is 4.47 Å². The van der Waals surface area contributed by atoms with Gasteiger partial charge in [0.2, 0.25) is 0 Å². The molecular formula is C13H14BrClN2O. The summed E-state index contributed by atoms with van der Waals surface area (Å²) in [4.78, 5) is 16.2. The summed E-state index contributed by atoms with van der Waals surface area (Å²) in [7, 11) is 0. The van der Waals surface area contributed by atoms with Gasteiger partial charge in [-0.1, -0.05) is 11.6 Å². The van der Waals surface area contributed by atoms with Gasteiger partial charge in [-0.25, -0.2) is 4.98 Å². The predicted octanol–water partition coefficient (Wildman–Crippen LogP) is 3.42. The topological polar surface area (TPSA) is 42.0 Å². The Hall–Kier alpha value is -0.610. The Bertz CT molecular complexity index is 474. The maximum atomic E-state index is 12.2. The van der Waals surface area contributed by atoms with Crippen LogP contribution in [0.15, 0.2) is 16.7 Å². The third kappa shape index (κ3) is 2.69. The maximum Gasteiger partial charge on any atom is 0.254 e. The molecule has 96 valence electrons. The molecule has 2 fully saturated rings. The van der Waals surface area contributed by atoms with Crippen molar-refractivity contribution < 1.29 is 4.79 Å². The Labute approximate surface area is 119 Å². The molecule has 3 rings (SSSR count). The van der Waals surface area contributed by atoms with Crippen LogP contribution >= 0.6 is 27.5 Å². The molecule has 1 N–H and O–H groups in total. The Morgan fingerprint density at radius 3 is 2.56 bits per heavy atom. The Morgan fingerprint density at radius 2 is 2.00 bits per heavy atom. The van der Waals surface area contributed by atoms with Crippen LogP contribution in [0, 0.1) is 11.8 Å². The van der Waals surface area contributed by atoms with Crippen LogP contribution in [0.4, 0.5) is 0 Å². The lowest BCUT2D eigenvalue weighted by molar-refractivity contribution is 0.0926. The molecular weight excluding hydrogens is 316 g/mol. The zero-order valence-electron chi connectivity index (χ0n) is 9.83. The second-order valence-corrected chi connectivity index (χ2v) is 6.44. The lowest BCUT2D eigenvalue weighted by Gasteiger charge is -2.17. The van der Waals surface area contributed by atoms with Gasteiger partial charge in [-0.15, -0.1) is 0 Å². The zero-order chi connectivity index (χ0) is 12.7. The summed E-state index contributed by atoms with van der Waals surface area (Å²) < 4.78 is 0.770. The van der Waals surface area contributed by atoms with Crippen LogP contribution in [0.3, 0.4) is 0 Å². The monoisotopic (exact) mass is 328 g/mol. The Balaban J connectivity index is 1.75. The first-order valence-corrected chi connectivity index (χ1v) is 7.44. The SMILES string of the molecule is O=C(NC(C1CC1)C1CC1)c1cc(Br)cnc1Cl. The number of pyridine rings is 1. The average molecular weight is 330 g/mol. The van der Waals surface area contributed by atoms with Gasteiger partial charge in [0.15, 0.2) is 0 Å². The van der Waals surface area contributed by atoms with Gasteiger partial charge in [0, 0.05) is 16.7 Å². The molecule has 0 aliphatic heterocycles. The van der Waals surface area contributed by atoms with E-state index in [0.29, 0.717) is 23.4 Å². The molecule has 1 amide bonds. The van der Waals surface area contributed by atoms with Crippen molar-refractivity contribution in [2.75, 3.05) is 0 Å². The molecule has 1 aromatic rings. The molecule has 3 nitrogen and oxygen atoms in total. The number of hydrogen-bond acceptors (Lipinski definition) is 2. The first-order chi connectivity index (χ1) is 8.65. The smallest absolute Gasteiger partial charge is 0.254 e. The van der Waals surface area contributed by atoms with Crippen molar-refractivity contribution in [2.45, 2.75) is 31.7 Å². The molecule has 2 aliphatic rings. The molecule has 1 aromatic heterocycles. The van der Waals surface area contributed by atoms with E-state index >= 15 is 0 Å². The van der Waals surface area contributed by atoms with Crippen LogP contribution in [-0.2, 0) is 0 Å². The van der Waals surface area contributed by atoms with Gasteiger partial charge in [-0.05, 0) is 59.5 Å². The maximum absolute atomic E-state index is 12.2. The van der Waals surface area contributed by atoms with E-state index in [2.05, 4.69) is 26.2 Å². The Kier molecular flexibility index (Phi) is 3.32. The summed E-state index contributed by atoms with van der Waals surface area (Å²) >= 11 is 9.28. The second kappa shape index (κ2) is 4.82. The average Bonchev–Trinajstić information content (AvgIpc) is 3.21. The van der Waals surface area contributed by atoms with E-state index < -0.39 is 0 Å². The van der Waals surface area contributed by atoms with Crippen LogP contribution in [0.2, 0.25) is 5.15 Å². The van der Waals surface area contributed by atoms with Gasteiger partial charge in [0.1, 0.15) is 5.15 Å². The van der Waals surface area contributed by atoms with E-state index in [1.54, 1.807) is 12.3 Å². The molecule has 1 heterocycles. The normalized spacial score (nSPS) is 19.1. The molecule has 0 radical (unpaired) electrons. The Morgan fingerprint density at radius 1 is 1.39 bits per heavy atom. The molecule has 5 heteroatoms. The number of nitrogens with zero attached hydrogens (tertiary/aromatic N) is 1. The van der Waals surface area contributed by atoms with Crippen molar-refractivity contribution in [2.24, 2.45) is 11.8 Å². The molecule has 0 atom stereocenters. The van der Waals surface area contributed by atoms with E-state index in [1.165, 1.54) is 25.7 Å². The van der Waals surface area contributed by atoms with Crippen molar-refractivity contribution in [3.63, 3.8) is 0 Å². The first kappa shape index (κ1) is 12.4. The number of aromatic nitrogens is 1. The van der Waals surface area contributed by atoms with Gasteiger partial charge in [0.05, 0.1) is 5.56 Å². The molecule has 0 spiro atoms. The summed E-state index contributed by atoms with van der Waals surface area (Å²) in [6.45, 7) is 0. The summed E-state index contributed by atoms with van der Waals surface area (Å²) in [5.74, 6) is 1.26. The van der Waals surface area contributed by atoms with Crippen molar-refractivity contribution in [1.29, 1.82) is 0 Å². The van der Waals surface area contributed by atoms with Crippen molar-refractivity contribution in [3.05, 3.63) is 27.5 Å². The van der Waals surface area contributed by atoms with Gasteiger partial charge >= 0.3 is 0 Å². The fourth-order valence-corrected chi connectivity index (χ4v) is 2.86.